The minimum atomic E-state index is 0.0782. The summed E-state index contributed by atoms with van der Waals surface area (Å²) in [7, 11) is 0. The zero-order chi connectivity index (χ0) is 23.0. The molecule has 2 fully saturated rings. The number of rotatable bonds is 9. The molecule has 7 heteroatoms. The number of nitrogens with zero attached hydrogens (tertiary/aromatic N) is 3. The van der Waals surface area contributed by atoms with Gasteiger partial charge >= 0.3 is 0 Å². The zero-order valence-electron chi connectivity index (χ0n) is 19.5. The molecule has 4 rings (SSSR count). The van der Waals surface area contributed by atoms with Gasteiger partial charge in [-0.1, -0.05) is 41.9 Å². The van der Waals surface area contributed by atoms with Crippen LogP contribution in [0.2, 0.25) is 5.02 Å². The molecule has 6 nitrogen and oxygen atoms in total. The van der Waals surface area contributed by atoms with Gasteiger partial charge in [-0.05, 0) is 56.6 Å². The third-order valence-corrected chi connectivity index (χ3v) is 6.93. The molecule has 0 aromatic heterocycles. The Hall–Kier alpha value is -2.28. The van der Waals surface area contributed by atoms with Crippen molar-refractivity contribution in [1.82, 2.24) is 15.1 Å². The van der Waals surface area contributed by atoms with Crippen molar-refractivity contribution in [2.24, 2.45) is 0 Å². The first kappa shape index (κ1) is 23.9. The highest BCUT2D eigenvalue weighted by molar-refractivity contribution is 6.31. The summed E-state index contributed by atoms with van der Waals surface area (Å²) in [5.74, 6) is 1.01. The van der Waals surface area contributed by atoms with Crippen LogP contribution in [0, 0.1) is 0 Å². The summed E-state index contributed by atoms with van der Waals surface area (Å²) < 4.78 is 5.79. The van der Waals surface area contributed by atoms with Gasteiger partial charge in [0, 0.05) is 37.7 Å². The van der Waals surface area contributed by atoms with Crippen LogP contribution in [0.4, 0.5) is 5.69 Å². The number of anilines is 1. The van der Waals surface area contributed by atoms with E-state index >= 15 is 0 Å². The number of para-hydroxylation sites is 2. The largest absolute Gasteiger partial charge is 0.492 e. The highest BCUT2D eigenvalue weighted by Crippen LogP contribution is 2.30. The summed E-state index contributed by atoms with van der Waals surface area (Å²) in [4.78, 5) is 19.8. The minimum Gasteiger partial charge on any atom is -0.492 e. The Balaban J connectivity index is 1.29. The molecule has 33 heavy (non-hydrogen) atoms. The Bertz CT molecular complexity index is 911. The van der Waals surface area contributed by atoms with Crippen LogP contribution < -0.4 is 15.0 Å². The molecule has 1 unspecified atom stereocenters. The first-order valence-electron chi connectivity index (χ1n) is 12.1. The number of halogens is 1. The van der Waals surface area contributed by atoms with Crippen LogP contribution in [0.5, 0.6) is 5.75 Å². The molecule has 1 amide bonds. The maximum Gasteiger partial charge on any atom is 0.234 e. The Kier molecular flexibility index (Phi) is 8.48. The zero-order valence-corrected chi connectivity index (χ0v) is 20.3. The van der Waals surface area contributed by atoms with E-state index in [2.05, 4.69) is 32.1 Å². The topological polar surface area (TPSA) is 48.1 Å². The van der Waals surface area contributed by atoms with Crippen molar-refractivity contribution in [3.05, 3.63) is 59.1 Å². The molecule has 0 radical (unpaired) electrons. The molecule has 0 bridgehead atoms. The average Bonchev–Trinajstić information content (AvgIpc) is 3.36. The number of carbonyl (C=O) groups excluding carboxylic acids is 1. The molecule has 2 heterocycles. The number of likely N-dealkylation sites (tertiary alicyclic amines) is 1. The van der Waals surface area contributed by atoms with Crippen LogP contribution in [0.15, 0.2) is 48.5 Å². The van der Waals surface area contributed by atoms with Gasteiger partial charge in [-0.25, -0.2) is 0 Å². The summed E-state index contributed by atoms with van der Waals surface area (Å²) >= 11 is 6.50. The molecule has 0 aliphatic carbocycles. The second kappa shape index (κ2) is 11.7. The highest BCUT2D eigenvalue weighted by atomic mass is 35.5. The summed E-state index contributed by atoms with van der Waals surface area (Å²) in [5.41, 5.74) is 2.24. The van der Waals surface area contributed by atoms with Crippen molar-refractivity contribution in [2.45, 2.75) is 25.8 Å². The lowest BCUT2D eigenvalue weighted by Gasteiger charge is -2.36. The number of carbonyl (C=O) groups is 1. The number of amides is 1. The number of piperazine rings is 1. The fourth-order valence-corrected chi connectivity index (χ4v) is 5.11. The lowest BCUT2D eigenvalue weighted by Crippen LogP contribution is -2.50. The van der Waals surface area contributed by atoms with Crippen LogP contribution in [-0.2, 0) is 4.79 Å². The quantitative estimate of drug-likeness (QED) is 0.603. The maximum atomic E-state index is 12.8. The molecule has 178 valence electrons. The van der Waals surface area contributed by atoms with Crippen LogP contribution in [-0.4, -0.2) is 74.7 Å². The second-order valence-corrected chi connectivity index (χ2v) is 9.16. The predicted molar refractivity (Wildman–Crippen MR) is 134 cm³/mol. The van der Waals surface area contributed by atoms with Crippen LogP contribution >= 0.6 is 11.6 Å². The van der Waals surface area contributed by atoms with Crippen molar-refractivity contribution in [2.75, 3.05) is 63.9 Å². The first-order valence-corrected chi connectivity index (χ1v) is 12.5. The molecule has 2 aromatic carbocycles. The molecule has 1 atom stereocenters. The number of benzene rings is 2. The number of hydrogen-bond donors (Lipinski definition) is 1. The van der Waals surface area contributed by atoms with E-state index in [9.17, 15) is 4.79 Å². The Morgan fingerprint density at radius 3 is 2.42 bits per heavy atom. The molecule has 0 saturated carbocycles. The summed E-state index contributed by atoms with van der Waals surface area (Å²) in [6.45, 7) is 9.26. The van der Waals surface area contributed by atoms with E-state index in [4.69, 9.17) is 16.3 Å². The van der Waals surface area contributed by atoms with Crippen LogP contribution in [0.25, 0.3) is 0 Å². The number of ether oxygens (including phenoxy) is 1. The van der Waals surface area contributed by atoms with Gasteiger partial charge in [0.2, 0.25) is 5.91 Å². The van der Waals surface area contributed by atoms with Gasteiger partial charge in [-0.15, -0.1) is 0 Å². The Morgan fingerprint density at radius 1 is 1.00 bits per heavy atom. The minimum absolute atomic E-state index is 0.0782. The molecule has 2 saturated heterocycles. The predicted octanol–water partition coefficient (Wildman–Crippen LogP) is 3.81. The van der Waals surface area contributed by atoms with Gasteiger partial charge in [-0.2, -0.15) is 0 Å². The lowest BCUT2D eigenvalue weighted by molar-refractivity contribution is -0.122. The standard InChI is InChI=1S/C26H35ClN4O2/c1-2-33-25-12-6-5-11-23(25)31-17-15-29(16-18-31)20-26(32)28-19-24(30-13-7-8-14-30)21-9-3-4-10-22(21)27/h3-6,9-12,24H,2,7-8,13-20H2,1H3,(H,28,32). The molecular weight excluding hydrogens is 436 g/mol. The van der Waals surface area contributed by atoms with Crippen molar-refractivity contribution in [3.8, 4) is 5.75 Å². The third kappa shape index (κ3) is 6.19. The van der Waals surface area contributed by atoms with Crippen molar-refractivity contribution in [3.63, 3.8) is 0 Å². The van der Waals surface area contributed by atoms with Gasteiger partial charge in [0.25, 0.3) is 0 Å². The molecule has 2 aromatic rings. The van der Waals surface area contributed by atoms with Gasteiger partial charge in [0.05, 0.1) is 24.9 Å². The summed E-state index contributed by atoms with van der Waals surface area (Å²) in [5, 5.41) is 3.96. The van der Waals surface area contributed by atoms with Gasteiger partial charge in [0.1, 0.15) is 5.75 Å². The molecule has 2 aliphatic heterocycles. The normalized spacial score (nSPS) is 18.3. The smallest absolute Gasteiger partial charge is 0.234 e. The highest BCUT2D eigenvalue weighted by Gasteiger charge is 2.26. The number of hydrogen-bond acceptors (Lipinski definition) is 5. The first-order chi connectivity index (χ1) is 16.2. The van der Waals surface area contributed by atoms with Gasteiger partial charge in [-0.3, -0.25) is 14.6 Å². The van der Waals surface area contributed by atoms with Crippen molar-refractivity contribution < 1.29 is 9.53 Å². The van der Waals surface area contributed by atoms with E-state index in [1.165, 1.54) is 12.8 Å². The summed E-state index contributed by atoms with van der Waals surface area (Å²) in [6.07, 6.45) is 2.40. The van der Waals surface area contributed by atoms with E-state index in [1.54, 1.807) is 0 Å². The third-order valence-electron chi connectivity index (χ3n) is 6.58. The fourth-order valence-electron chi connectivity index (χ4n) is 4.85. The van der Waals surface area contributed by atoms with Crippen LogP contribution in [0.3, 0.4) is 0 Å². The monoisotopic (exact) mass is 470 g/mol. The van der Waals surface area contributed by atoms with E-state index in [0.717, 1.165) is 61.3 Å². The number of nitrogens with one attached hydrogen (secondary N) is 1. The molecule has 2 aliphatic rings. The van der Waals surface area contributed by atoms with E-state index < -0.39 is 0 Å². The lowest BCUT2D eigenvalue weighted by atomic mass is 10.1. The van der Waals surface area contributed by atoms with Gasteiger partial charge in [0.15, 0.2) is 0 Å². The fraction of sp³-hybridized carbons (Fsp3) is 0.500. The molecule has 0 spiro atoms. The summed E-state index contributed by atoms with van der Waals surface area (Å²) in [6, 6.07) is 16.3. The van der Waals surface area contributed by atoms with E-state index in [0.29, 0.717) is 19.7 Å². The van der Waals surface area contributed by atoms with Crippen LogP contribution in [0.1, 0.15) is 31.4 Å². The second-order valence-electron chi connectivity index (χ2n) is 8.75. The van der Waals surface area contributed by atoms with Crippen molar-refractivity contribution in [1.29, 1.82) is 0 Å². The van der Waals surface area contributed by atoms with E-state index in [-0.39, 0.29) is 11.9 Å². The SMILES string of the molecule is CCOc1ccccc1N1CCN(CC(=O)NCC(c2ccccc2Cl)N2CCCC2)CC1. The Morgan fingerprint density at radius 2 is 1.70 bits per heavy atom. The van der Waals surface area contributed by atoms with E-state index in [1.807, 2.05) is 43.3 Å². The molecule has 1 N–H and O–H groups in total. The average molecular weight is 471 g/mol. The molecular formula is C26H35ClN4O2. The van der Waals surface area contributed by atoms with Crippen molar-refractivity contribution >= 4 is 23.2 Å². The van der Waals surface area contributed by atoms with Gasteiger partial charge < -0.3 is 15.0 Å². The maximum absolute atomic E-state index is 12.8. The Labute approximate surface area is 202 Å².